The molecule has 5 rings (SSSR count). The van der Waals surface area contributed by atoms with E-state index in [1.165, 1.54) is 24.0 Å². The summed E-state index contributed by atoms with van der Waals surface area (Å²) in [5.41, 5.74) is 2.78. The summed E-state index contributed by atoms with van der Waals surface area (Å²) in [6, 6.07) is 10.4. The number of hydrogen-bond donors (Lipinski definition) is 1. The quantitative estimate of drug-likeness (QED) is 0.632. The lowest BCUT2D eigenvalue weighted by Gasteiger charge is -2.59. The average molecular weight is 423 g/mol. The number of aliphatic hydroxyl groups is 1. The number of allylic oxidation sites excluding steroid dienone is 1. The summed E-state index contributed by atoms with van der Waals surface area (Å²) in [6.45, 7) is 7.24. The van der Waals surface area contributed by atoms with Crippen molar-refractivity contribution in [1.82, 2.24) is 0 Å². The van der Waals surface area contributed by atoms with Crippen molar-refractivity contribution < 1.29 is 14.6 Å². The van der Waals surface area contributed by atoms with Crippen molar-refractivity contribution >= 4 is 5.78 Å². The Morgan fingerprint density at radius 2 is 1.90 bits per heavy atom. The van der Waals surface area contributed by atoms with Crippen molar-refractivity contribution in [2.24, 2.45) is 34.5 Å². The summed E-state index contributed by atoms with van der Waals surface area (Å²) in [5, 5.41) is 10.7. The summed E-state index contributed by atoms with van der Waals surface area (Å²) < 4.78 is 6.60. The van der Waals surface area contributed by atoms with E-state index in [0.29, 0.717) is 30.1 Å². The molecule has 0 heterocycles. The molecule has 0 aromatic heterocycles. The maximum absolute atomic E-state index is 12.4. The maximum Gasteiger partial charge on any atom is 0.133 e. The Hall–Kier alpha value is -1.45. The number of ketones is 1. The maximum atomic E-state index is 12.4. The number of carbonyl (C=O) groups excluding carboxylic acids is 1. The molecule has 4 aliphatic rings. The number of benzene rings is 1. The summed E-state index contributed by atoms with van der Waals surface area (Å²) in [5.74, 6) is 2.50. The van der Waals surface area contributed by atoms with Gasteiger partial charge in [-0.2, -0.15) is 0 Å². The van der Waals surface area contributed by atoms with Gasteiger partial charge < -0.3 is 9.84 Å². The van der Waals surface area contributed by atoms with Crippen LogP contribution < -0.4 is 0 Å². The van der Waals surface area contributed by atoms with Gasteiger partial charge in [0.2, 0.25) is 0 Å². The van der Waals surface area contributed by atoms with Crippen LogP contribution in [0.5, 0.6) is 0 Å². The fourth-order valence-electron chi connectivity index (χ4n) is 8.36. The van der Waals surface area contributed by atoms with Gasteiger partial charge in [-0.1, -0.05) is 55.8 Å². The number of carbonyl (C=O) groups is 1. The Balaban J connectivity index is 1.44. The molecule has 0 aliphatic heterocycles. The summed E-state index contributed by atoms with van der Waals surface area (Å²) in [7, 11) is 0. The molecular weight excluding hydrogens is 384 g/mol. The van der Waals surface area contributed by atoms with Gasteiger partial charge in [0.05, 0.1) is 18.8 Å². The zero-order valence-electron chi connectivity index (χ0n) is 19.3. The van der Waals surface area contributed by atoms with Crippen LogP contribution in [0.2, 0.25) is 0 Å². The van der Waals surface area contributed by atoms with Gasteiger partial charge in [0.15, 0.2) is 0 Å². The first-order chi connectivity index (χ1) is 14.8. The van der Waals surface area contributed by atoms with Gasteiger partial charge in [0.1, 0.15) is 5.78 Å². The number of ether oxygens (including phenoxy) is 1. The van der Waals surface area contributed by atoms with Crippen LogP contribution in [0.25, 0.3) is 0 Å². The van der Waals surface area contributed by atoms with E-state index in [-0.39, 0.29) is 29.0 Å². The van der Waals surface area contributed by atoms with Crippen molar-refractivity contribution in [2.45, 2.75) is 84.5 Å². The zero-order valence-corrected chi connectivity index (χ0v) is 19.3. The van der Waals surface area contributed by atoms with Gasteiger partial charge >= 0.3 is 0 Å². The third-order valence-corrected chi connectivity index (χ3v) is 9.93. The second kappa shape index (κ2) is 7.85. The lowest BCUT2D eigenvalue weighted by molar-refractivity contribution is -0.140. The SMILES string of the molecule is CC(=O)[C@H]1CCC2C3CC=C4C[C@H](O)CC(OCc5ccccc5)[C@]4(C)C3CC[C@@]21C. The number of aliphatic hydroxyl groups excluding tert-OH is 1. The molecule has 0 spiro atoms. The molecule has 3 heteroatoms. The van der Waals surface area contributed by atoms with Gasteiger partial charge in [0, 0.05) is 17.8 Å². The normalized spacial score (nSPS) is 44.1. The molecule has 0 saturated heterocycles. The highest BCUT2D eigenvalue weighted by atomic mass is 16.5. The second-order valence-electron chi connectivity index (χ2n) is 11.3. The molecule has 31 heavy (non-hydrogen) atoms. The fraction of sp³-hybridized carbons (Fsp3) is 0.679. The topological polar surface area (TPSA) is 46.5 Å². The lowest BCUT2D eigenvalue weighted by Crippen LogP contribution is -2.56. The van der Waals surface area contributed by atoms with Crippen LogP contribution >= 0.6 is 0 Å². The molecule has 0 amide bonds. The monoisotopic (exact) mass is 422 g/mol. The molecule has 1 aromatic rings. The first-order valence-corrected chi connectivity index (χ1v) is 12.4. The third kappa shape index (κ3) is 3.35. The van der Waals surface area contributed by atoms with E-state index in [1.54, 1.807) is 6.92 Å². The van der Waals surface area contributed by atoms with Crippen molar-refractivity contribution in [3.05, 3.63) is 47.5 Å². The minimum absolute atomic E-state index is 0.00737. The molecule has 4 unspecified atom stereocenters. The largest absolute Gasteiger partial charge is 0.393 e. The van der Waals surface area contributed by atoms with Crippen LogP contribution in [0.3, 0.4) is 0 Å². The number of Topliss-reactive ketones (excluding diaryl/α,β-unsaturated/α-hetero) is 1. The van der Waals surface area contributed by atoms with Crippen LogP contribution in [0, 0.1) is 34.5 Å². The fourth-order valence-corrected chi connectivity index (χ4v) is 8.36. The highest BCUT2D eigenvalue weighted by molar-refractivity contribution is 5.79. The van der Waals surface area contributed by atoms with E-state index in [0.717, 1.165) is 32.1 Å². The minimum atomic E-state index is -0.306. The molecule has 8 atom stereocenters. The predicted octanol–water partition coefficient (Wildman–Crippen LogP) is 5.71. The van der Waals surface area contributed by atoms with Gasteiger partial charge in [0.25, 0.3) is 0 Å². The average Bonchev–Trinajstić information content (AvgIpc) is 3.11. The summed E-state index contributed by atoms with van der Waals surface area (Å²) in [6.07, 6.45) is 9.41. The lowest BCUT2D eigenvalue weighted by atomic mass is 9.46. The van der Waals surface area contributed by atoms with Crippen molar-refractivity contribution in [3.63, 3.8) is 0 Å². The van der Waals surface area contributed by atoms with E-state index in [9.17, 15) is 9.90 Å². The predicted molar refractivity (Wildman–Crippen MR) is 122 cm³/mol. The Bertz CT molecular complexity index is 860. The van der Waals surface area contributed by atoms with Gasteiger partial charge in [-0.05, 0) is 74.2 Å². The Labute approximate surface area is 187 Å². The molecule has 3 nitrogen and oxygen atoms in total. The number of fused-ring (bicyclic) bond motifs is 5. The summed E-state index contributed by atoms with van der Waals surface area (Å²) in [4.78, 5) is 12.4. The van der Waals surface area contributed by atoms with Gasteiger partial charge in [-0.15, -0.1) is 0 Å². The van der Waals surface area contributed by atoms with E-state index < -0.39 is 0 Å². The van der Waals surface area contributed by atoms with Crippen LogP contribution in [0.4, 0.5) is 0 Å². The molecular formula is C28H38O3. The molecule has 168 valence electrons. The number of hydrogen-bond acceptors (Lipinski definition) is 3. The van der Waals surface area contributed by atoms with Gasteiger partial charge in [-0.3, -0.25) is 4.79 Å². The smallest absolute Gasteiger partial charge is 0.133 e. The van der Waals surface area contributed by atoms with Crippen LogP contribution in [-0.2, 0) is 16.1 Å². The first kappa shape index (κ1) is 21.4. The number of rotatable bonds is 4. The minimum Gasteiger partial charge on any atom is -0.393 e. The highest BCUT2D eigenvalue weighted by Crippen LogP contribution is 2.66. The van der Waals surface area contributed by atoms with Crippen LogP contribution in [0.1, 0.15) is 71.3 Å². The second-order valence-corrected chi connectivity index (χ2v) is 11.3. The van der Waals surface area contributed by atoms with Crippen molar-refractivity contribution in [2.75, 3.05) is 0 Å². The van der Waals surface area contributed by atoms with E-state index in [2.05, 4.69) is 44.2 Å². The third-order valence-electron chi connectivity index (χ3n) is 9.93. The molecule has 1 aromatic carbocycles. The highest BCUT2D eigenvalue weighted by Gasteiger charge is 2.61. The molecule has 0 radical (unpaired) electrons. The van der Waals surface area contributed by atoms with Crippen LogP contribution in [-0.4, -0.2) is 23.1 Å². The van der Waals surface area contributed by atoms with Crippen molar-refractivity contribution in [3.8, 4) is 0 Å². The standard InChI is InChI=1S/C28H38O3/c1-18(29)23-11-12-24-22-10-9-20-15-21(30)16-26(31-17-19-7-5-4-6-8-19)28(20,3)25(22)13-14-27(23,24)2/h4-9,21-26,30H,10-17H2,1-3H3/t21-,22?,23+,24?,25?,26?,27+,28-/m0/s1. The van der Waals surface area contributed by atoms with E-state index in [1.807, 2.05) is 6.07 Å². The van der Waals surface area contributed by atoms with Crippen LogP contribution in [0.15, 0.2) is 42.0 Å². The molecule has 0 bridgehead atoms. The Morgan fingerprint density at radius 3 is 2.65 bits per heavy atom. The first-order valence-electron chi connectivity index (χ1n) is 12.4. The Morgan fingerprint density at radius 1 is 1.13 bits per heavy atom. The van der Waals surface area contributed by atoms with Crippen molar-refractivity contribution in [1.29, 1.82) is 0 Å². The zero-order chi connectivity index (χ0) is 21.8. The molecule has 3 saturated carbocycles. The molecule has 3 fully saturated rings. The molecule has 1 N–H and O–H groups in total. The molecule has 4 aliphatic carbocycles. The summed E-state index contributed by atoms with van der Waals surface area (Å²) >= 11 is 0. The Kier molecular flexibility index (Phi) is 5.42. The van der Waals surface area contributed by atoms with E-state index in [4.69, 9.17) is 4.74 Å². The van der Waals surface area contributed by atoms with Gasteiger partial charge in [-0.25, -0.2) is 0 Å². The van der Waals surface area contributed by atoms with E-state index >= 15 is 0 Å².